The summed E-state index contributed by atoms with van der Waals surface area (Å²) in [5.74, 6) is 0. The highest BCUT2D eigenvalue weighted by Crippen LogP contribution is 2.22. The minimum atomic E-state index is -4.29. The number of unbranched alkanes of at least 4 members (excludes halogenated alkanes) is 1. The molecule has 0 fully saturated rings. The summed E-state index contributed by atoms with van der Waals surface area (Å²) in [6, 6.07) is 24.5. The zero-order valence-corrected chi connectivity index (χ0v) is 25.0. The second kappa shape index (κ2) is 12.5. The van der Waals surface area contributed by atoms with E-state index in [1.165, 1.54) is 30.4 Å². The van der Waals surface area contributed by atoms with Gasteiger partial charge in [-0.3, -0.25) is 0 Å². The number of hydrogen-bond acceptors (Lipinski definition) is 3. The summed E-state index contributed by atoms with van der Waals surface area (Å²) in [4.78, 5) is -0.155. The molecule has 190 valence electrons. The van der Waals surface area contributed by atoms with Crippen LogP contribution in [0.15, 0.2) is 77.7 Å². The third kappa shape index (κ3) is 10.1. The largest absolute Gasteiger partial charge is 0.744 e. The molecule has 5 heteroatoms. The fourth-order valence-electron chi connectivity index (χ4n) is 3.36. The molecule has 0 atom stereocenters. The Kier molecular flexibility index (Phi) is 10.6. The molecule has 3 rings (SSSR count). The van der Waals surface area contributed by atoms with Crippen LogP contribution in [0.25, 0.3) is 0 Å². The van der Waals surface area contributed by atoms with Crippen LogP contribution in [0.2, 0.25) is 0 Å². The number of aryl methyl sites for hydroxylation is 1. The standard InChI is InChI=1S/C20H26I.C10H14O3S/c1-19(2,3)15-7-11-17(12-8-15)21-18-13-9-16(10-14-18)20(4,5)6;1-2-3-4-9-5-7-10(8-6-9)14(11,12)13/h7-14H,1-6H3;5-8H,2-4H2,1H3,(H,11,12,13)/q+1;/p-1. The zero-order valence-electron chi connectivity index (χ0n) is 22.1. The Morgan fingerprint density at radius 3 is 1.40 bits per heavy atom. The van der Waals surface area contributed by atoms with E-state index >= 15 is 0 Å². The highest BCUT2D eigenvalue weighted by Gasteiger charge is 2.20. The van der Waals surface area contributed by atoms with Crippen molar-refractivity contribution >= 4 is 10.1 Å². The Hall–Kier alpha value is -1.70. The summed E-state index contributed by atoms with van der Waals surface area (Å²) in [5.41, 5.74) is 4.38. The highest BCUT2D eigenvalue weighted by molar-refractivity contribution is 7.85. The number of hydrogen-bond donors (Lipinski definition) is 0. The van der Waals surface area contributed by atoms with Crippen molar-refractivity contribution in [1.29, 1.82) is 0 Å². The Labute approximate surface area is 223 Å². The van der Waals surface area contributed by atoms with Crippen LogP contribution in [-0.2, 0) is 27.4 Å². The molecule has 0 aromatic heterocycles. The van der Waals surface area contributed by atoms with Gasteiger partial charge in [0.15, 0.2) is 7.14 Å². The van der Waals surface area contributed by atoms with E-state index < -0.39 is 10.1 Å². The second-order valence-corrected chi connectivity index (χ2v) is 15.2. The first-order valence-electron chi connectivity index (χ1n) is 12.1. The lowest BCUT2D eigenvalue weighted by Crippen LogP contribution is -3.61. The molecular weight excluding hydrogens is 567 g/mol. The molecule has 0 saturated heterocycles. The van der Waals surface area contributed by atoms with Crippen molar-refractivity contribution in [2.24, 2.45) is 0 Å². The first-order chi connectivity index (χ1) is 16.2. The molecule has 0 spiro atoms. The van der Waals surface area contributed by atoms with Gasteiger partial charge in [-0.15, -0.1) is 0 Å². The molecule has 3 nitrogen and oxygen atoms in total. The van der Waals surface area contributed by atoms with E-state index in [1.54, 1.807) is 12.1 Å². The Morgan fingerprint density at radius 1 is 0.686 bits per heavy atom. The van der Waals surface area contributed by atoms with Gasteiger partial charge in [0.25, 0.3) is 0 Å². The molecule has 0 aliphatic carbocycles. The lowest BCUT2D eigenvalue weighted by Gasteiger charge is -2.18. The molecular formula is C30H39IO3S. The first-order valence-corrected chi connectivity index (χ1v) is 15.7. The number of rotatable bonds is 6. The number of halogens is 1. The summed E-state index contributed by atoms with van der Waals surface area (Å²) in [5, 5.41) is 0. The molecule has 35 heavy (non-hydrogen) atoms. The van der Waals surface area contributed by atoms with Crippen molar-refractivity contribution < 1.29 is 34.2 Å². The average Bonchev–Trinajstić information content (AvgIpc) is 2.77. The smallest absolute Gasteiger partial charge is 0.357 e. The van der Waals surface area contributed by atoms with Crippen LogP contribution in [-0.4, -0.2) is 13.0 Å². The van der Waals surface area contributed by atoms with Crippen LogP contribution < -0.4 is 21.2 Å². The predicted octanol–water partition coefficient (Wildman–Crippen LogP) is 4.34. The van der Waals surface area contributed by atoms with Crippen LogP contribution >= 0.6 is 0 Å². The Morgan fingerprint density at radius 2 is 1.09 bits per heavy atom. The van der Waals surface area contributed by atoms with Crippen molar-refractivity contribution in [3.05, 3.63) is 96.6 Å². The van der Waals surface area contributed by atoms with Gasteiger partial charge in [-0.1, -0.05) is 91.3 Å². The maximum Gasteiger partial charge on any atom is 0.357 e. The maximum absolute atomic E-state index is 10.6. The summed E-state index contributed by atoms with van der Waals surface area (Å²) in [7, 11) is -4.29. The van der Waals surface area contributed by atoms with Gasteiger partial charge in [0.1, 0.15) is 10.1 Å². The summed E-state index contributed by atoms with van der Waals surface area (Å²) in [6.45, 7) is 15.7. The summed E-state index contributed by atoms with van der Waals surface area (Å²) < 4.78 is 34.8. The molecule has 0 unspecified atom stereocenters. The minimum absolute atomic E-state index is 0.0703. The fourth-order valence-corrected chi connectivity index (χ4v) is 5.98. The normalized spacial score (nSPS) is 12.1. The first kappa shape index (κ1) is 29.5. The second-order valence-electron chi connectivity index (χ2n) is 10.8. The van der Waals surface area contributed by atoms with E-state index in [4.69, 9.17) is 0 Å². The Bertz CT molecular complexity index is 1100. The Balaban J connectivity index is 0.000000269. The minimum Gasteiger partial charge on any atom is -0.744 e. The molecule has 0 aliphatic heterocycles. The van der Waals surface area contributed by atoms with Crippen LogP contribution in [0.4, 0.5) is 0 Å². The predicted molar refractivity (Wildman–Crippen MR) is 141 cm³/mol. The van der Waals surface area contributed by atoms with E-state index in [0.29, 0.717) is 0 Å². The van der Waals surface area contributed by atoms with Crippen molar-refractivity contribution in [3.63, 3.8) is 0 Å². The van der Waals surface area contributed by atoms with E-state index in [9.17, 15) is 13.0 Å². The average molecular weight is 607 g/mol. The van der Waals surface area contributed by atoms with Crippen LogP contribution in [0.1, 0.15) is 78.0 Å². The highest BCUT2D eigenvalue weighted by atomic mass is 127. The van der Waals surface area contributed by atoms with Gasteiger partial charge in [-0.25, -0.2) is 8.42 Å². The SMILES string of the molecule is CC(C)(C)c1ccc([I+]c2ccc(C(C)(C)C)cc2)cc1.CCCCc1ccc(S(=O)(=O)[O-])cc1. The van der Waals surface area contributed by atoms with Gasteiger partial charge in [0.2, 0.25) is 0 Å². The molecule has 0 radical (unpaired) electrons. The molecule has 0 heterocycles. The number of benzene rings is 3. The third-order valence-electron chi connectivity index (χ3n) is 5.67. The zero-order chi connectivity index (χ0) is 26.3. The van der Waals surface area contributed by atoms with Gasteiger partial charge in [-0.2, -0.15) is 0 Å². The monoisotopic (exact) mass is 606 g/mol. The topological polar surface area (TPSA) is 57.2 Å². The molecule has 0 bridgehead atoms. The van der Waals surface area contributed by atoms with E-state index in [1.807, 2.05) is 0 Å². The molecule has 0 saturated carbocycles. The maximum atomic E-state index is 10.6. The van der Waals surface area contributed by atoms with Gasteiger partial charge in [0.05, 0.1) is 4.90 Å². The van der Waals surface area contributed by atoms with Crippen molar-refractivity contribution in [3.8, 4) is 0 Å². The molecule has 3 aromatic rings. The molecule has 0 aliphatic rings. The quantitative estimate of drug-likeness (QED) is 0.310. The molecule has 0 N–H and O–H groups in total. The molecule has 3 aromatic carbocycles. The van der Waals surface area contributed by atoms with Crippen LogP contribution in [0.3, 0.4) is 0 Å². The van der Waals surface area contributed by atoms with Gasteiger partial charge in [-0.05, 0) is 76.8 Å². The van der Waals surface area contributed by atoms with Gasteiger partial charge >= 0.3 is 21.2 Å². The van der Waals surface area contributed by atoms with E-state index in [-0.39, 0.29) is 36.9 Å². The molecule has 0 amide bonds. The summed E-state index contributed by atoms with van der Waals surface area (Å²) >= 11 is -0.0703. The van der Waals surface area contributed by atoms with E-state index in [0.717, 1.165) is 24.8 Å². The van der Waals surface area contributed by atoms with Gasteiger partial charge < -0.3 is 4.55 Å². The van der Waals surface area contributed by atoms with Crippen molar-refractivity contribution in [1.82, 2.24) is 0 Å². The lowest BCUT2D eigenvalue weighted by atomic mass is 9.87. The third-order valence-corrected chi connectivity index (χ3v) is 9.20. The van der Waals surface area contributed by atoms with Crippen molar-refractivity contribution in [2.75, 3.05) is 0 Å². The van der Waals surface area contributed by atoms with Crippen LogP contribution in [0, 0.1) is 7.14 Å². The van der Waals surface area contributed by atoms with E-state index in [2.05, 4.69) is 97.0 Å². The lowest BCUT2D eigenvalue weighted by molar-refractivity contribution is -0.597. The van der Waals surface area contributed by atoms with Gasteiger partial charge in [0, 0.05) is 0 Å². The van der Waals surface area contributed by atoms with Crippen molar-refractivity contribution in [2.45, 2.75) is 83.5 Å². The fraction of sp³-hybridized carbons (Fsp3) is 0.400. The van der Waals surface area contributed by atoms with Crippen LogP contribution in [0.5, 0.6) is 0 Å². The summed E-state index contributed by atoms with van der Waals surface area (Å²) in [6.07, 6.45) is 3.10.